The summed E-state index contributed by atoms with van der Waals surface area (Å²) >= 11 is 1.77. The summed E-state index contributed by atoms with van der Waals surface area (Å²) in [6.07, 6.45) is 4.53. The molecule has 1 saturated carbocycles. The highest BCUT2D eigenvalue weighted by atomic mass is 32.2. The van der Waals surface area contributed by atoms with Gasteiger partial charge in [-0.05, 0) is 42.5 Å². The van der Waals surface area contributed by atoms with Gasteiger partial charge in [-0.2, -0.15) is 0 Å². The molecule has 6 nitrogen and oxygen atoms in total. The van der Waals surface area contributed by atoms with E-state index in [1.807, 2.05) is 0 Å². The van der Waals surface area contributed by atoms with Crippen LogP contribution in [0.1, 0.15) is 31.1 Å². The van der Waals surface area contributed by atoms with Crippen molar-refractivity contribution in [2.24, 2.45) is 16.8 Å². The van der Waals surface area contributed by atoms with Crippen molar-refractivity contribution in [1.82, 2.24) is 15.4 Å². The molecule has 1 heterocycles. The molecule has 0 saturated heterocycles. The summed E-state index contributed by atoms with van der Waals surface area (Å²) in [6, 6.07) is 4.22. The number of nitrogens with zero attached hydrogens (tertiary/aromatic N) is 1. The van der Waals surface area contributed by atoms with Crippen molar-refractivity contribution < 1.29 is 8.42 Å². The summed E-state index contributed by atoms with van der Waals surface area (Å²) in [7, 11) is -1.52. The van der Waals surface area contributed by atoms with Crippen molar-refractivity contribution in [3.05, 3.63) is 22.4 Å². The second-order valence-electron chi connectivity index (χ2n) is 6.73. The zero-order chi connectivity index (χ0) is 18.1. The number of hydrogen-bond acceptors (Lipinski definition) is 4. The molecular formula is C17H30N4O2S2. The smallest absolute Gasteiger partial charge is 0.213 e. The zero-order valence-corrected chi connectivity index (χ0v) is 16.8. The Labute approximate surface area is 155 Å². The van der Waals surface area contributed by atoms with Gasteiger partial charge in [0.1, 0.15) is 0 Å². The van der Waals surface area contributed by atoms with Crippen molar-refractivity contribution in [2.75, 3.05) is 32.4 Å². The maximum absolute atomic E-state index is 12.0. The van der Waals surface area contributed by atoms with Crippen LogP contribution in [-0.4, -0.2) is 46.8 Å². The summed E-state index contributed by atoms with van der Waals surface area (Å²) in [5.74, 6) is 1.71. The fraction of sp³-hybridized carbons (Fsp3) is 0.706. The molecule has 1 fully saturated rings. The van der Waals surface area contributed by atoms with Crippen LogP contribution in [0.3, 0.4) is 0 Å². The monoisotopic (exact) mass is 386 g/mol. The van der Waals surface area contributed by atoms with Gasteiger partial charge in [0.25, 0.3) is 0 Å². The first kappa shape index (κ1) is 20.2. The number of rotatable bonds is 10. The quantitative estimate of drug-likeness (QED) is 0.423. The first-order valence-electron chi connectivity index (χ1n) is 8.92. The Hall–Kier alpha value is -1.12. The Morgan fingerprint density at radius 3 is 2.80 bits per heavy atom. The second kappa shape index (κ2) is 10.1. The summed E-state index contributed by atoms with van der Waals surface area (Å²) in [6.45, 7) is 3.91. The lowest BCUT2D eigenvalue weighted by atomic mass is 9.86. The fourth-order valence-corrected chi connectivity index (χ4v) is 4.53. The topological polar surface area (TPSA) is 82.6 Å². The third-order valence-electron chi connectivity index (χ3n) is 4.45. The van der Waals surface area contributed by atoms with Crippen molar-refractivity contribution >= 4 is 27.3 Å². The van der Waals surface area contributed by atoms with Crippen LogP contribution < -0.4 is 15.4 Å². The van der Waals surface area contributed by atoms with Crippen molar-refractivity contribution in [1.29, 1.82) is 0 Å². The average molecular weight is 387 g/mol. The maximum Gasteiger partial charge on any atom is 0.213 e. The third kappa shape index (κ3) is 7.75. The van der Waals surface area contributed by atoms with Crippen LogP contribution in [0.2, 0.25) is 0 Å². The average Bonchev–Trinajstić information content (AvgIpc) is 3.01. The summed E-state index contributed by atoms with van der Waals surface area (Å²) < 4.78 is 26.7. The van der Waals surface area contributed by atoms with E-state index in [1.165, 1.54) is 11.3 Å². The van der Waals surface area contributed by atoms with Gasteiger partial charge in [0.05, 0.1) is 5.75 Å². The molecule has 1 atom stereocenters. The molecule has 0 bridgehead atoms. The van der Waals surface area contributed by atoms with Gasteiger partial charge >= 0.3 is 0 Å². The standard InChI is InChI=1S/C17H30N4O2S2/c1-14(11-16-7-4-9-24-16)12-20-17(18-2)19-8-10-25(22,23)21-13-15-5-3-6-15/h4,7,9,14-15,21H,3,5-6,8,10-13H2,1-2H3,(H2,18,19,20). The Bertz CT molecular complexity index is 625. The molecule has 1 aliphatic carbocycles. The highest BCUT2D eigenvalue weighted by Gasteiger charge is 2.20. The Kier molecular flexibility index (Phi) is 8.18. The molecule has 1 aliphatic rings. The van der Waals surface area contributed by atoms with E-state index in [-0.39, 0.29) is 5.75 Å². The first-order chi connectivity index (χ1) is 12.0. The number of guanidine groups is 1. The minimum Gasteiger partial charge on any atom is -0.356 e. The van der Waals surface area contributed by atoms with Crippen molar-refractivity contribution in [3.63, 3.8) is 0 Å². The largest absolute Gasteiger partial charge is 0.356 e. The molecule has 0 radical (unpaired) electrons. The molecule has 1 aromatic heterocycles. The van der Waals surface area contributed by atoms with Gasteiger partial charge in [0.15, 0.2) is 5.96 Å². The molecule has 1 aromatic rings. The summed E-state index contributed by atoms with van der Waals surface area (Å²) in [5.41, 5.74) is 0. The van der Waals surface area contributed by atoms with Crippen LogP contribution in [0.25, 0.3) is 0 Å². The lowest BCUT2D eigenvalue weighted by Gasteiger charge is -2.25. The predicted octanol–water partition coefficient (Wildman–Crippen LogP) is 1.81. The third-order valence-corrected chi connectivity index (χ3v) is 6.70. The van der Waals surface area contributed by atoms with Gasteiger partial charge in [0, 0.05) is 31.6 Å². The van der Waals surface area contributed by atoms with Crippen LogP contribution in [0.5, 0.6) is 0 Å². The van der Waals surface area contributed by atoms with Crippen LogP contribution in [-0.2, 0) is 16.4 Å². The van der Waals surface area contributed by atoms with E-state index in [0.29, 0.717) is 30.9 Å². The van der Waals surface area contributed by atoms with Crippen molar-refractivity contribution in [2.45, 2.75) is 32.6 Å². The number of sulfonamides is 1. The van der Waals surface area contributed by atoms with Crippen molar-refractivity contribution in [3.8, 4) is 0 Å². The molecular weight excluding hydrogens is 356 g/mol. The van der Waals surface area contributed by atoms with Gasteiger partial charge in [-0.3, -0.25) is 4.99 Å². The number of hydrogen-bond donors (Lipinski definition) is 3. The van der Waals surface area contributed by atoms with Crippen LogP contribution in [0.4, 0.5) is 0 Å². The molecule has 1 unspecified atom stereocenters. The molecule has 0 amide bonds. The Morgan fingerprint density at radius 2 is 2.20 bits per heavy atom. The summed E-state index contributed by atoms with van der Waals surface area (Å²) in [4.78, 5) is 5.53. The van der Waals surface area contributed by atoms with E-state index in [9.17, 15) is 8.42 Å². The van der Waals surface area contributed by atoms with Gasteiger partial charge in [-0.25, -0.2) is 13.1 Å². The number of thiophene rings is 1. The van der Waals surface area contributed by atoms with E-state index in [4.69, 9.17) is 0 Å². The van der Waals surface area contributed by atoms with E-state index < -0.39 is 10.0 Å². The fourth-order valence-electron chi connectivity index (χ4n) is 2.65. The molecule has 0 spiro atoms. The molecule has 0 aliphatic heterocycles. The minimum atomic E-state index is -3.22. The van der Waals surface area contributed by atoms with E-state index in [0.717, 1.165) is 25.8 Å². The molecule has 25 heavy (non-hydrogen) atoms. The van der Waals surface area contributed by atoms with Gasteiger partial charge in [-0.1, -0.05) is 19.4 Å². The number of nitrogens with one attached hydrogen (secondary N) is 3. The lowest BCUT2D eigenvalue weighted by Crippen LogP contribution is -2.43. The highest BCUT2D eigenvalue weighted by Crippen LogP contribution is 2.25. The minimum absolute atomic E-state index is 0.0607. The highest BCUT2D eigenvalue weighted by molar-refractivity contribution is 7.89. The zero-order valence-electron chi connectivity index (χ0n) is 15.1. The maximum atomic E-state index is 12.0. The predicted molar refractivity (Wildman–Crippen MR) is 106 cm³/mol. The molecule has 3 N–H and O–H groups in total. The normalized spacial score (nSPS) is 17.1. The Morgan fingerprint density at radius 1 is 1.40 bits per heavy atom. The Balaban J connectivity index is 1.62. The van der Waals surface area contributed by atoms with E-state index >= 15 is 0 Å². The lowest BCUT2D eigenvalue weighted by molar-refractivity contribution is 0.316. The molecule has 2 rings (SSSR count). The molecule has 142 valence electrons. The van der Waals surface area contributed by atoms with E-state index in [2.05, 4.69) is 44.8 Å². The second-order valence-corrected chi connectivity index (χ2v) is 9.69. The van der Waals surface area contributed by atoms with Crippen LogP contribution in [0, 0.1) is 11.8 Å². The number of aliphatic imine (C=N–C) groups is 1. The first-order valence-corrected chi connectivity index (χ1v) is 11.5. The molecule has 0 aromatic carbocycles. The van der Waals surface area contributed by atoms with Crippen LogP contribution in [0.15, 0.2) is 22.5 Å². The summed E-state index contributed by atoms with van der Waals surface area (Å²) in [5, 5.41) is 8.44. The van der Waals surface area contributed by atoms with E-state index in [1.54, 1.807) is 18.4 Å². The van der Waals surface area contributed by atoms with Gasteiger partial charge < -0.3 is 10.6 Å². The SMILES string of the molecule is CN=C(NCCS(=O)(=O)NCC1CCC1)NCC(C)Cc1cccs1. The van der Waals surface area contributed by atoms with Gasteiger partial charge in [0.2, 0.25) is 10.0 Å². The molecule has 8 heteroatoms. The van der Waals surface area contributed by atoms with Crippen LogP contribution >= 0.6 is 11.3 Å². The van der Waals surface area contributed by atoms with Gasteiger partial charge in [-0.15, -0.1) is 11.3 Å².